The number of thiazole rings is 1. The average molecular weight is 315 g/mol. The molecule has 8 heteroatoms. The van der Waals surface area contributed by atoms with E-state index in [4.69, 9.17) is 10.7 Å². The van der Waals surface area contributed by atoms with Gasteiger partial charge in [0.25, 0.3) is 0 Å². The molecule has 0 fully saturated rings. The van der Waals surface area contributed by atoms with Crippen molar-refractivity contribution in [1.82, 2.24) is 24.9 Å². The van der Waals surface area contributed by atoms with E-state index in [1.54, 1.807) is 6.33 Å². The van der Waals surface area contributed by atoms with E-state index < -0.39 is 0 Å². The van der Waals surface area contributed by atoms with Gasteiger partial charge < -0.3 is 15.6 Å². The van der Waals surface area contributed by atoms with Crippen LogP contribution >= 0.6 is 11.3 Å². The summed E-state index contributed by atoms with van der Waals surface area (Å²) in [5.74, 6) is 0.994. The predicted molar refractivity (Wildman–Crippen MR) is 87.0 cm³/mol. The third kappa shape index (κ3) is 2.29. The first kappa shape index (κ1) is 13.4. The molecule has 3 heterocycles. The fourth-order valence-electron chi connectivity index (χ4n) is 2.86. The Bertz CT molecular complexity index is 798. The fourth-order valence-corrected chi connectivity index (χ4v) is 4.07. The Labute approximate surface area is 131 Å². The number of H-pyrrole nitrogens is 1. The van der Waals surface area contributed by atoms with Gasteiger partial charge >= 0.3 is 0 Å². The molecule has 7 nitrogen and oxygen atoms in total. The van der Waals surface area contributed by atoms with Gasteiger partial charge in [-0.3, -0.25) is 0 Å². The van der Waals surface area contributed by atoms with Crippen LogP contribution in [-0.4, -0.2) is 32.0 Å². The molecule has 4 rings (SSSR count). The molecule has 114 valence electrons. The van der Waals surface area contributed by atoms with E-state index in [9.17, 15) is 0 Å². The summed E-state index contributed by atoms with van der Waals surface area (Å²) in [6.45, 7) is 0.711. The van der Waals surface area contributed by atoms with Gasteiger partial charge in [-0.2, -0.15) is 9.97 Å². The highest BCUT2D eigenvalue weighted by molar-refractivity contribution is 7.11. The number of hydrogen-bond donors (Lipinski definition) is 2. The maximum absolute atomic E-state index is 5.78. The number of aryl methyl sites for hydroxylation is 2. The number of rotatable bonds is 3. The minimum Gasteiger partial charge on any atom is -0.368 e. The second-order valence-corrected chi connectivity index (χ2v) is 6.72. The van der Waals surface area contributed by atoms with Crippen LogP contribution in [0.2, 0.25) is 0 Å². The molecule has 0 saturated heterocycles. The number of nitrogen functional groups attached to an aromatic ring is 1. The molecule has 0 aliphatic heterocycles. The lowest BCUT2D eigenvalue weighted by atomic mass is 10.0. The molecule has 0 saturated carbocycles. The van der Waals surface area contributed by atoms with Crippen LogP contribution in [-0.2, 0) is 19.4 Å². The lowest BCUT2D eigenvalue weighted by molar-refractivity contribution is 0.680. The van der Waals surface area contributed by atoms with Crippen LogP contribution in [0.15, 0.2) is 6.33 Å². The fraction of sp³-hybridized carbons (Fsp3) is 0.429. The van der Waals surface area contributed by atoms with Crippen molar-refractivity contribution in [2.45, 2.75) is 32.2 Å². The van der Waals surface area contributed by atoms with E-state index in [1.807, 2.05) is 23.3 Å². The predicted octanol–water partition coefficient (Wildman–Crippen LogP) is 1.91. The van der Waals surface area contributed by atoms with Crippen molar-refractivity contribution in [2.24, 2.45) is 0 Å². The molecule has 1 aliphatic rings. The molecule has 0 unspecified atom stereocenters. The second kappa shape index (κ2) is 5.20. The Kier molecular flexibility index (Phi) is 3.18. The summed E-state index contributed by atoms with van der Waals surface area (Å²) >= 11 is 1.82. The summed E-state index contributed by atoms with van der Waals surface area (Å²) in [7, 11) is 1.99. The Morgan fingerprint density at radius 1 is 1.27 bits per heavy atom. The zero-order valence-corrected chi connectivity index (χ0v) is 13.2. The van der Waals surface area contributed by atoms with Crippen molar-refractivity contribution in [3.05, 3.63) is 21.9 Å². The standard InChI is InChI=1S/C14H17N7S/c1-21(6-10-18-8-4-2-3-5-9(8)22-10)13-11-12(17-7-16-11)19-14(15)20-13/h7H,2-6H2,1H3,(H3,15,16,17,19,20). The monoisotopic (exact) mass is 315 g/mol. The number of imidazole rings is 1. The number of nitrogens with zero attached hydrogens (tertiary/aromatic N) is 5. The van der Waals surface area contributed by atoms with Gasteiger partial charge in [0.2, 0.25) is 5.95 Å². The number of nitrogens with one attached hydrogen (secondary N) is 1. The van der Waals surface area contributed by atoms with Gasteiger partial charge in [0.05, 0.1) is 18.6 Å². The summed E-state index contributed by atoms with van der Waals surface area (Å²) in [5.41, 5.74) is 8.46. The Morgan fingerprint density at radius 3 is 3.00 bits per heavy atom. The van der Waals surface area contributed by atoms with Crippen molar-refractivity contribution >= 4 is 34.3 Å². The molecule has 0 aromatic carbocycles. The summed E-state index contributed by atoms with van der Waals surface area (Å²) in [6, 6.07) is 0. The van der Waals surface area contributed by atoms with Gasteiger partial charge in [-0.05, 0) is 25.7 Å². The maximum Gasteiger partial charge on any atom is 0.224 e. The largest absolute Gasteiger partial charge is 0.368 e. The minimum atomic E-state index is 0.236. The normalized spacial score (nSPS) is 14.2. The average Bonchev–Trinajstić information content (AvgIpc) is 3.11. The van der Waals surface area contributed by atoms with E-state index >= 15 is 0 Å². The van der Waals surface area contributed by atoms with Crippen LogP contribution in [0.5, 0.6) is 0 Å². The number of nitrogens with two attached hydrogens (primary N) is 1. The Morgan fingerprint density at radius 2 is 2.14 bits per heavy atom. The molecular weight excluding hydrogens is 298 g/mol. The van der Waals surface area contributed by atoms with E-state index in [2.05, 4.69) is 19.9 Å². The summed E-state index contributed by atoms with van der Waals surface area (Å²) < 4.78 is 0. The summed E-state index contributed by atoms with van der Waals surface area (Å²) in [4.78, 5) is 24.0. The second-order valence-electron chi connectivity index (χ2n) is 5.55. The number of anilines is 2. The molecule has 0 bridgehead atoms. The molecule has 22 heavy (non-hydrogen) atoms. The van der Waals surface area contributed by atoms with Crippen LogP contribution in [0.1, 0.15) is 28.4 Å². The van der Waals surface area contributed by atoms with Crippen LogP contribution in [0.3, 0.4) is 0 Å². The van der Waals surface area contributed by atoms with Crippen LogP contribution in [0.4, 0.5) is 11.8 Å². The first-order valence-electron chi connectivity index (χ1n) is 7.36. The van der Waals surface area contributed by atoms with Crippen molar-refractivity contribution in [1.29, 1.82) is 0 Å². The molecule has 0 radical (unpaired) electrons. The van der Waals surface area contributed by atoms with Crippen molar-refractivity contribution in [3.8, 4) is 0 Å². The quantitative estimate of drug-likeness (QED) is 0.766. The summed E-state index contributed by atoms with van der Waals surface area (Å²) in [5, 5.41) is 1.12. The van der Waals surface area contributed by atoms with Gasteiger partial charge in [-0.1, -0.05) is 0 Å². The molecule has 3 N–H and O–H groups in total. The molecular formula is C14H17N7S. The molecule has 3 aromatic rings. The lowest BCUT2D eigenvalue weighted by Crippen LogP contribution is -2.19. The number of hydrogen-bond acceptors (Lipinski definition) is 7. The number of fused-ring (bicyclic) bond motifs is 2. The Balaban J connectivity index is 1.64. The molecule has 0 atom stereocenters. The molecule has 0 spiro atoms. The van der Waals surface area contributed by atoms with Gasteiger partial charge in [0, 0.05) is 11.9 Å². The zero-order valence-electron chi connectivity index (χ0n) is 12.3. The van der Waals surface area contributed by atoms with Gasteiger partial charge in [0.15, 0.2) is 11.5 Å². The topological polar surface area (TPSA) is 96.6 Å². The van der Waals surface area contributed by atoms with Crippen molar-refractivity contribution in [2.75, 3.05) is 17.7 Å². The Hall–Kier alpha value is -2.22. The molecule has 3 aromatic heterocycles. The third-order valence-corrected chi connectivity index (χ3v) is 5.05. The number of aromatic amines is 1. The molecule has 0 amide bonds. The minimum absolute atomic E-state index is 0.236. The summed E-state index contributed by atoms with van der Waals surface area (Å²) in [6.07, 6.45) is 6.42. The molecule has 1 aliphatic carbocycles. The smallest absolute Gasteiger partial charge is 0.224 e. The van der Waals surface area contributed by atoms with Crippen molar-refractivity contribution < 1.29 is 0 Å². The van der Waals surface area contributed by atoms with Crippen LogP contribution in [0, 0.1) is 0 Å². The van der Waals surface area contributed by atoms with E-state index in [0.29, 0.717) is 12.2 Å². The van der Waals surface area contributed by atoms with Gasteiger partial charge in [0.1, 0.15) is 10.5 Å². The SMILES string of the molecule is CN(Cc1nc2c(s1)CCCC2)c1nc(N)nc2nc[nH]c12. The van der Waals surface area contributed by atoms with E-state index in [0.717, 1.165) is 22.8 Å². The van der Waals surface area contributed by atoms with Crippen molar-refractivity contribution in [3.63, 3.8) is 0 Å². The highest BCUT2D eigenvalue weighted by atomic mass is 32.1. The zero-order chi connectivity index (χ0) is 15.1. The van der Waals surface area contributed by atoms with Crippen LogP contribution < -0.4 is 10.6 Å². The first-order valence-corrected chi connectivity index (χ1v) is 8.17. The van der Waals surface area contributed by atoms with E-state index in [1.165, 1.54) is 29.8 Å². The highest BCUT2D eigenvalue weighted by Crippen LogP contribution is 2.29. The maximum atomic E-state index is 5.78. The van der Waals surface area contributed by atoms with E-state index in [-0.39, 0.29) is 5.95 Å². The van der Waals surface area contributed by atoms with Crippen LogP contribution in [0.25, 0.3) is 11.2 Å². The van der Waals surface area contributed by atoms with Gasteiger partial charge in [-0.25, -0.2) is 9.97 Å². The first-order chi connectivity index (χ1) is 10.7. The highest BCUT2D eigenvalue weighted by Gasteiger charge is 2.18. The lowest BCUT2D eigenvalue weighted by Gasteiger charge is -2.17. The number of aromatic nitrogens is 5. The van der Waals surface area contributed by atoms with Gasteiger partial charge in [-0.15, -0.1) is 11.3 Å². The third-order valence-electron chi connectivity index (χ3n) is 3.91.